The quantitative estimate of drug-likeness (QED) is 0.613. The van der Waals surface area contributed by atoms with Gasteiger partial charge in [0.25, 0.3) is 5.69 Å². The van der Waals surface area contributed by atoms with Crippen molar-refractivity contribution in [1.82, 2.24) is 4.98 Å². The number of pyridine rings is 1. The number of nitro groups is 1. The number of carbonyl (C=O) groups is 1. The van der Waals surface area contributed by atoms with E-state index in [2.05, 4.69) is 4.98 Å². The van der Waals surface area contributed by atoms with Crippen LogP contribution in [0.15, 0.2) is 30.5 Å². The van der Waals surface area contributed by atoms with Crippen LogP contribution in [0.3, 0.4) is 0 Å². The Bertz CT molecular complexity index is 541. The molecular weight excluding hydrogens is 212 g/mol. The van der Waals surface area contributed by atoms with Crippen LogP contribution in [0.1, 0.15) is 10.5 Å². The molecule has 16 heavy (non-hydrogen) atoms. The second-order valence-electron chi connectivity index (χ2n) is 3.16. The maximum absolute atomic E-state index is 10.6. The summed E-state index contributed by atoms with van der Waals surface area (Å²) in [5.74, 6) is -1.12. The number of benzene rings is 1. The fourth-order valence-corrected chi connectivity index (χ4v) is 1.36. The molecule has 0 bridgehead atoms. The number of carboxylic acids is 1. The minimum Gasteiger partial charge on any atom is -0.477 e. The normalized spacial score (nSPS) is 10.2. The summed E-state index contributed by atoms with van der Waals surface area (Å²) in [7, 11) is 0. The largest absolute Gasteiger partial charge is 0.477 e. The zero-order valence-corrected chi connectivity index (χ0v) is 7.95. The minimum absolute atomic E-state index is 0.0441. The maximum Gasteiger partial charge on any atom is 0.354 e. The molecule has 0 unspecified atom stereocenters. The van der Waals surface area contributed by atoms with Gasteiger partial charge in [0.2, 0.25) is 0 Å². The smallest absolute Gasteiger partial charge is 0.354 e. The molecule has 0 aliphatic carbocycles. The van der Waals surface area contributed by atoms with E-state index < -0.39 is 10.9 Å². The first-order valence-corrected chi connectivity index (χ1v) is 4.35. The Labute approximate surface area is 89.3 Å². The van der Waals surface area contributed by atoms with E-state index in [-0.39, 0.29) is 11.4 Å². The Balaban J connectivity index is 2.61. The van der Waals surface area contributed by atoms with Crippen LogP contribution >= 0.6 is 0 Å². The Morgan fingerprint density at radius 1 is 1.31 bits per heavy atom. The van der Waals surface area contributed by atoms with E-state index in [1.54, 1.807) is 0 Å². The van der Waals surface area contributed by atoms with Gasteiger partial charge in [0.05, 0.1) is 4.92 Å². The summed E-state index contributed by atoms with van der Waals surface area (Å²) in [5.41, 5.74) is -0.126. The summed E-state index contributed by atoms with van der Waals surface area (Å²) in [6.45, 7) is 0. The molecule has 6 heteroatoms. The summed E-state index contributed by atoms with van der Waals surface area (Å²) in [5, 5.41) is 20.4. The molecule has 0 radical (unpaired) electrons. The zero-order chi connectivity index (χ0) is 11.7. The molecule has 0 fully saturated rings. The van der Waals surface area contributed by atoms with Crippen molar-refractivity contribution in [3.8, 4) is 0 Å². The summed E-state index contributed by atoms with van der Waals surface area (Å²) >= 11 is 0. The van der Waals surface area contributed by atoms with E-state index in [4.69, 9.17) is 5.11 Å². The SMILES string of the molecule is O=C(O)c1cc2ccc([N+](=O)[O-])cc2cn1. The van der Waals surface area contributed by atoms with Gasteiger partial charge in [-0.1, -0.05) is 0 Å². The van der Waals surface area contributed by atoms with Crippen molar-refractivity contribution < 1.29 is 14.8 Å². The van der Waals surface area contributed by atoms with E-state index in [1.165, 1.54) is 30.5 Å². The highest BCUT2D eigenvalue weighted by Crippen LogP contribution is 2.20. The molecule has 6 nitrogen and oxygen atoms in total. The molecule has 0 aliphatic heterocycles. The first-order valence-electron chi connectivity index (χ1n) is 4.35. The average Bonchev–Trinajstić information content (AvgIpc) is 2.27. The Morgan fingerprint density at radius 2 is 2.06 bits per heavy atom. The first kappa shape index (κ1) is 10.0. The third-order valence-electron chi connectivity index (χ3n) is 2.14. The number of aromatic nitrogens is 1. The summed E-state index contributed by atoms with van der Waals surface area (Å²) in [6, 6.07) is 5.56. The van der Waals surface area contributed by atoms with Gasteiger partial charge in [0.15, 0.2) is 0 Å². The molecule has 2 rings (SSSR count). The molecule has 1 aromatic carbocycles. The summed E-state index contributed by atoms with van der Waals surface area (Å²) < 4.78 is 0. The number of hydrogen-bond donors (Lipinski definition) is 1. The molecular formula is C10H6N2O4. The van der Waals surface area contributed by atoms with Crippen LogP contribution < -0.4 is 0 Å². The van der Waals surface area contributed by atoms with Crippen LogP contribution in [0.2, 0.25) is 0 Å². The Morgan fingerprint density at radius 3 is 2.69 bits per heavy atom. The predicted molar refractivity (Wildman–Crippen MR) is 55.4 cm³/mol. The van der Waals surface area contributed by atoms with Crippen LogP contribution in [-0.4, -0.2) is 21.0 Å². The highest BCUT2D eigenvalue weighted by molar-refractivity contribution is 5.92. The molecule has 0 saturated heterocycles. The van der Waals surface area contributed by atoms with E-state index in [0.29, 0.717) is 10.8 Å². The van der Waals surface area contributed by atoms with Crippen LogP contribution in [-0.2, 0) is 0 Å². The van der Waals surface area contributed by atoms with Crippen molar-refractivity contribution in [2.24, 2.45) is 0 Å². The highest BCUT2D eigenvalue weighted by Gasteiger charge is 2.09. The summed E-state index contributed by atoms with van der Waals surface area (Å²) in [6.07, 6.45) is 1.31. The van der Waals surface area contributed by atoms with E-state index in [1.807, 2.05) is 0 Å². The van der Waals surface area contributed by atoms with Gasteiger partial charge in [-0.15, -0.1) is 0 Å². The molecule has 0 aliphatic rings. The minimum atomic E-state index is -1.12. The van der Waals surface area contributed by atoms with Crippen molar-refractivity contribution >= 4 is 22.4 Å². The van der Waals surface area contributed by atoms with Gasteiger partial charge in [-0.25, -0.2) is 9.78 Å². The summed E-state index contributed by atoms with van der Waals surface area (Å²) in [4.78, 5) is 24.3. The number of non-ortho nitro benzene ring substituents is 1. The van der Waals surface area contributed by atoms with E-state index in [9.17, 15) is 14.9 Å². The lowest BCUT2D eigenvalue weighted by Crippen LogP contribution is -1.99. The third kappa shape index (κ3) is 1.68. The fourth-order valence-electron chi connectivity index (χ4n) is 1.36. The van der Waals surface area contributed by atoms with Crippen LogP contribution in [0.5, 0.6) is 0 Å². The molecule has 0 spiro atoms. The van der Waals surface area contributed by atoms with Crippen molar-refractivity contribution in [3.63, 3.8) is 0 Å². The number of rotatable bonds is 2. The van der Waals surface area contributed by atoms with Gasteiger partial charge in [-0.2, -0.15) is 0 Å². The fraction of sp³-hybridized carbons (Fsp3) is 0. The molecule has 1 aromatic heterocycles. The molecule has 2 aromatic rings. The molecule has 80 valence electrons. The van der Waals surface area contributed by atoms with Gasteiger partial charge < -0.3 is 5.11 Å². The average molecular weight is 218 g/mol. The first-order chi connectivity index (χ1) is 7.58. The second-order valence-corrected chi connectivity index (χ2v) is 3.16. The van der Waals surface area contributed by atoms with Crippen LogP contribution in [0.4, 0.5) is 5.69 Å². The van der Waals surface area contributed by atoms with Gasteiger partial charge in [0.1, 0.15) is 5.69 Å². The third-order valence-corrected chi connectivity index (χ3v) is 2.14. The molecule has 0 amide bonds. The van der Waals surface area contributed by atoms with Crippen molar-refractivity contribution in [2.45, 2.75) is 0 Å². The van der Waals surface area contributed by atoms with Gasteiger partial charge in [-0.3, -0.25) is 10.1 Å². The molecule has 0 saturated carbocycles. The Kier molecular flexibility index (Phi) is 2.24. The topological polar surface area (TPSA) is 93.3 Å². The van der Waals surface area contributed by atoms with Gasteiger partial charge in [-0.05, 0) is 17.5 Å². The number of nitro benzene ring substituents is 1. The number of aromatic carboxylic acids is 1. The van der Waals surface area contributed by atoms with Crippen LogP contribution in [0, 0.1) is 10.1 Å². The molecule has 1 N–H and O–H groups in total. The number of hydrogen-bond acceptors (Lipinski definition) is 4. The monoisotopic (exact) mass is 218 g/mol. The number of fused-ring (bicyclic) bond motifs is 1. The second kappa shape index (κ2) is 3.58. The van der Waals surface area contributed by atoms with E-state index >= 15 is 0 Å². The lowest BCUT2D eigenvalue weighted by molar-refractivity contribution is -0.384. The lowest BCUT2D eigenvalue weighted by atomic mass is 10.1. The molecule has 0 atom stereocenters. The molecule has 1 heterocycles. The van der Waals surface area contributed by atoms with Crippen molar-refractivity contribution in [1.29, 1.82) is 0 Å². The van der Waals surface area contributed by atoms with E-state index in [0.717, 1.165) is 0 Å². The lowest BCUT2D eigenvalue weighted by Gasteiger charge is -1.98. The van der Waals surface area contributed by atoms with Crippen molar-refractivity contribution in [2.75, 3.05) is 0 Å². The van der Waals surface area contributed by atoms with Gasteiger partial charge in [0, 0.05) is 23.7 Å². The highest BCUT2D eigenvalue weighted by atomic mass is 16.6. The zero-order valence-electron chi connectivity index (χ0n) is 7.95. The predicted octanol–water partition coefficient (Wildman–Crippen LogP) is 1.84. The van der Waals surface area contributed by atoms with Crippen molar-refractivity contribution in [3.05, 3.63) is 46.3 Å². The Hall–Kier alpha value is -2.50. The standard InChI is InChI=1S/C10H6N2O4/c13-10(14)9-4-6-1-2-8(12(15)16)3-7(6)5-11-9/h1-5H,(H,13,14). The maximum atomic E-state index is 10.6. The number of nitrogens with zero attached hydrogens (tertiary/aromatic N) is 2. The van der Waals surface area contributed by atoms with Gasteiger partial charge >= 0.3 is 5.97 Å². The number of carboxylic acid groups (broad SMARTS) is 1. The van der Waals surface area contributed by atoms with Crippen LogP contribution in [0.25, 0.3) is 10.8 Å².